The van der Waals surface area contributed by atoms with Gasteiger partial charge in [-0.1, -0.05) is 24.3 Å². The molecule has 0 atom stereocenters. The summed E-state index contributed by atoms with van der Waals surface area (Å²) in [6.07, 6.45) is 1.71. The Balaban J connectivity index is 1.39. The molecule has 2 aromatic rings. The summed E-state index contributed by atoms with van der Waals surface area (Å²) in [6, 6.07) is 13.8. The number of amides is 2. The number of hydrogen-bond donors (Lipinski definition) is 1. The molecule has 1 N–H and O–H groups in total. The second-order valence-electron chi connectivity index (χ2n) is 7.73. The summed E-state index contributed by atoms with van der Waals surface area (Å²) in [7, 11) is 0. The van der Waals surface area contributed by atoms with Crippen molar-refractivity contribution in [3.05, 3.63) is 59.9 Å². The number of fused-ring (bicyclic) bond motifs is 1. The van der Waals surface area contributed by atoms with Crippen molar-refractivity contribution >= 4 is 17.5 Å². The van der Waals surface area contributed by atoms with Crippen LogP contribution in [0.15, 0.2) is 48.5 Å². The van der Waals surface area contributed by atoms with E-state index in [-0.39, 0.29) is 42.6 Å². The second-order valence-corrected chi connectivity index (χ2v) is 7.73. The highest BCUT2D eigenvalue weighted by atomic mass is 19.1. The molecule has 30 heavy (non-hydrogen) atoms. The average molecular weight is 412 g/mol. The van der Waals surface area contributed by atoms with Crippen LogP contribution in [0.2, 0.25) is 0 Å². The Morgan fingerprint density at radius 3 is 2.60 bits per heavy atom. The van der Waals surface area contributed by atoms with Gasteiger partial charge in [0.2, 0.25) is 5.91 Å². The highest BCUT2D eigenvalue weighted by Crippen LogP contribution is 2.35. The molecular formula is C23H25FN2O4. The molecule has 4 rings (SSSR count). The zero-order valence-electron chi connectivity index (χ0n) is 16.7. The maximum Gasteiger partial charge on any atom is 0.265 e. The topological polar surface area (TPSA) is 67.9 Å². The molecule has 158 valence electrons. The van der Waals surface area contributed by atoms with E-state index in [1.54, 1.807) is 17.0 Å². The smallest absolute Gasteiger partial charge is 0.265 e. The maximum atomic E-state index is 13.4. The molecule has 2 heterocycles. The van der Waals surface area contributed by atoms with Gasteiger partial charge in [0.05, 0.1) is 5.69 Å². The molecule has 1 saturated heterocycles. The number of carbonyl (C=O) groups is 2. The third-order valence-corrected chi connectivity index (χ3v) is 5.90. The molecule has 7 heteroatoms. The van der Waals surface area contributed by atoms with Gasteiger partial charge >= 0.3 is 0 Å². The summed E-state index contributed by atoms with van der Waals surface area (Å²) in [4.78, 5) is 26.5. The van der Waals surface area contributed by atoms with Crippen LogP contribution < -0.4 is 15.0 Å². The lowest BCUT2D eigenvalue weighted by Gasteiger charge is -2.38. The minimum atomic E-state index is -0.277. The Hall–Kier alpha value is -2.93. The lowest BCUT2D eigenvalue weighted by Crippen LogP contribution is -2.46. The molecule has 0 aromatic heterocycles. The highest BCUT2D eigenvalue weighted by molar-refractivity contribution is 5.98. The number of para-hydroxylation sites is 2. The van der Waals surface area contributed by atoms with Crippen molar-refractivity contribution in [2.24, 2.45) is 0 Å². The fraction of sp³-hybridized carbons (Fsp3) is 0.391. The standard InChI is InChI=1S/C23H25FN2O4/c24-18-7-5-17(6-8-18)23(10-13-29-14-11-23)16-25-21(27)9-12-26-19-3-1-2-4-20(19)30-15-22(26)28/h1-8H,9-16H2,(H,25,27). The number of nitrogens with one attached hydrogen (secondary N) is 1. The fourth-order valence-electron chi connectivity index (χ4n) is 4.10. The molecule has 0 saturated carbocycles. The Labute approximate surface area is 175 Å². The zero-order chi connectivity index (χ0) is 21.0. The van der Waals surface area contributed by atoms with Crippen molar-refractivity contribution in [2.45, 2.75) is 24.7 Å². The van der Waals surface area contributed by atoms with Crippen LogP contribution in [0.4, 0.5) is 10.1 Å². The quantitative estimate of drug-likeness (QED) is 0.792. The van der Waals surface area contributed by atoms with E-state index in [9.17, 15) is 14.0 Å². The SMILES string of the molecule is O=C(CCN1C(=O)COc2ccccc21)NCC1(c2ccc(F)cc2)CCOCC1. The first-order valence-electron chi connectivity index (χ1n) is 10.2. The van der Waals surface area contributed by atoms with Crippen LogP contribution in [0, 0.1) is 5.82 Å². The van der Waals surface area contributed by atoms with Gasteiger partial charge in [-0.15, -0.1) is 0 Å². The number of halogens is 1. The highest BCUT2D eigenvalue weighted by Gasteiger charge is 2.35. The van der Waals surface area contributed by atoms with Crippen molar-refractivity contribution < 1.29 is 23.5 Å². The third kappa shape index (κ3) is 4.31. The third-order valence-electron chi connectivity index (χ3n) is 5.90. The number of ether oxygens (including phenoxy) is 2. The van der Waals surface area contributed by atoms with E-state index < -0.39 is 0 Å². The van der Waals surface area contributed by atoms with Gasteiger partial charge in [-0.25, -0.2) is 4.39 Å². The number of hydrogen-bond acceptors (Lipinski definition) is 4. The normalized spacial score (nSPS) is 17.8. The molecule has 0 spiro atoms. The summed E-state index contributed by atoms with van der Waals surface area (Å²) in [5.74, 6) is 0.0869. The summed E-state index contributed by atoms with van der Waals surface area (Å²) in [5, 5.41) is 3.03. The maximum absolute atomic E-state index is 13.4. The van der Waals surface area contributed by atoms with Crippen molar-refractivity contribution in [1.82, 2.24) is 5.32 Å². The summed E-state index contributed by atoms with van der Waals surface area (Å²) in [5.41, 5.74) is 1.42. The lowest BCUT2D eigenvalue weighted by molar-refractivity contribution is -0.122. The van der Waals surface area contributed by atoms with Gasteiger partial charge in [0.1, 0.15) is 11.6 Å². The Morgan fingerprint density at radius 2 is 1.83 bits per heavy atom. The van der Waals surface area contributed by atoms with E-state index in [1.807, 2.05) is 24.3 Å². The lowest BCUT2D eigenvalue weighted by atomic mass is 9.74. The predicted molar refractivity (Wildman–Crippen MR) is 110 cm³/mol. The van der Waals surface area contributed by atoms with Crippen LogP contribution in [-0.4, -0.2) is 44.7 Å². The molecule has 2 aliphatic heterocycles. The molecule has 2 amide bonds. The number of anilines is 1. The van der Waals surface area contributed by atoms with Crippen LogP contribution in [0.3, 0.4) is 0 Å². The minimum Gasteiger partial charge on any atom is -0.482 e. The number of nitrogens with zero attached hydrogens (tertiary/aromatic N) is 1. The first-order chi connectivity index (χ1) is 14.6. The molecule has 6 nitrogen and oxygen atoms in total. The number of benzene rings is 2. The van der Waals surface area contributed by atoms with Gasteiger partial charge in [-0.2, -0.15) is 0 Å². The van der Waals surface area contributed by atoms with E-state index >= 15 is 0 Å². The van der Waals surface area contributed by atoms with E-state index in [4.69, 9.17) is 9.47 Å². The van der Waals surface area contributed by atoms with E-state index in [2.05, 4.69) is 5.32 Å². The summed E-state index contributed by atoms with van der Waals surface area (Å²) < 4.78 is 24.3. The zero-order valence-corrected chi connectivity index (χ0v) is 16.7. The number of carbonyl (C=O) groups excluding carboxylic acids is 2. The molecule has 0 unspecified atom stereocenters. The van der Waals surface area contributed by atoms with Crippen LogP contribution in [0.25, 0.3) is 0 Å². The van der Waals surface area contributed by atoms with E-state index in [0.29, 0.717) is 31.2 Å². The minimum absolute atomic E-state index is 0.0215. The summed E-state index contributed by atoms with van der Waals surface area (Å²) in [6.45, 7) is 1.93. The van der Waals surface area contributed by atoms with Crippen LogP contribution in [0.5, 0.6) is 5.75 Å². The predicted octanol–water partition coefficient (Wildman–Crippen LogP) is 2.81. The van der Waals surface area contributed by atoms with Crippen LogP contribution >= 0.6 is 0 Å². The molecular weight excluding hydrogens is 387 g/mol. The molecule has 1 fully saturated rings. The molecule has 0 bridgehead atoms. The first kappa shape index (κ1) is 20.3. The van der Waals surface area contributed by atoms with E-state index in [0.717, 1.165) is 18.4 Å². The second kappa shape index (κ2) is 8.83. The first-order valence-corrected chi connectivity index (χ1v) is 10.2. The van der Waals surface area contributed by atoms with Gasteiger partial charge in [0.15, 0.2) is 6.61 Å². The Kier molecular flexibility index (Phi) is 5.99. The molecule has 2 aliphatic rings. The van der Waals surface area contributed by atoms with Crippen LogP contribution in [0.1, 0.15) is 24.8 Å². The van der Waals surface area contributed by atoms with E-state index in [1.165, 1.54) is 12.1 Å². The van der Waals surface area contributed by atoms with Crippen molar-refractivity contribution in [2.75, 3.05) is 37.8 Å². The molecule has 0 aliphatic carbocycles. The largest absolute Gasteiger partial charge is 0.482 e. The monoisotopic (exact) mass is 412 g/mol. The average Bonchev–Trinajstić information content (AvgIpc) is 2.78. The van der Waals surface area contributed by atoms with Gasteiger partial charge in [-0.3, -0.25) is 9.59 Å². The Morgan fingerprint density at radius 1 is 1.10 bits per heavy atom. The fourth-order valence-corrected chi connectivity index (χ4v) is 4.10. The van der Waals surface area contributed by atoms with Gasteiger partial charge in [0, 0.05) is 38.1 Å². The van der Waals surface area contributed by atoms with Gasteiger partial charge < -0.3 is 19.7 Å². The van der Waals surface area contributed by atoms with Gasteiger partial charge in [0.25, 0.3) is 5.91 Å². The summed E-state index contributed by atoms with van der Waals surface area (Å²) >= 11 is 0. The Bertz CT molecular complexity index is 910. The molecule has 0 radical (unpaired) electrons. The molecule has 2 aromatic carbocycles. The van der Waals surface area contributed by atoms with Crippen molar-refractivity contribution in [1.29, 1.82) is 0 Å². The van der Waals surface area contributed by atoms with Crippen molar-refractivity contribution in [3.63, 3.8) is 0 Å². The van der Waals surface area contributed by atoms with Gasteiger partial charge in [-0.05, 0) is 42.7 Å². The number of rotatable bonds is 6. The van der Waals surface area contributed by atoms with Crippen LogP contribution in [-0.2, 0) is 19.7 Å². The van der Waals surface area contributed by atoms with Crippen molar-refractivity contribution in [3.8, 4) is 5.75 Å².